The van der Waals surface area contributed by atoms with E-state index in [0.717, 1.165) is 5.56 Å². The summed E-state index contributed by atoms with van der Waals surface area (Å²) in [5.74, 6) is -4.33. The molecule has 1 fully saturated rings. The summed E-state index contributed by atoms with van der Waals surface area (Å²) in [5, 5.41) is 6.17. The smallest absolute Gasteiger partial charge is 0.350 e. The molecule has 0 aromatic heterocycles. The second-order valence-corrected chi connectivity index (χ2v) is 8.43. The number of carbonyl (C=O) groups excluding carboxylic acids is 2. The first kappa shape index (κ1) is 20.9. The summed E-state index contributed by atoms with van der Waals surface area (Å²) < 4.78 is 25.0. The third-order valence-corrected chi connectivity index (χ3v) is 5.81. The van der Waals surface area contributed by atoms with Crippen LogP contribution in [0.25, 0.3) is 0 Å². The zero-order chi connectivity index (χ0) is 23.2. The lowest BCUT2D eigenvalue weighted by Gasteiger charge is -2.44. The molecule has 2 aliphatic heterocycles. The normalized spacial score (nSPS) is 20.9. The van der Waals surface area contributed by atoms with E-state index in [2.05, 4.69) is 0 Å². The summed E-state index contributed by atoms with van der Waals surface area (Å²) in [5.41, 5.74) is 0.282. The number of rotatable bonds is 3. The second kappa shape index (κ2) is 7.55. The van der Waals surface area contributed by atoms with E-state index in [9.17, 15) is 14.0 Å². The average molecular weight is 444 g/mol. The molecule has 1 saturated heterocycles. The first-order chi connectivity index (χ1) is 15.8. The Morgan fingerprint density at radius 2 is 1.36 bits per heavy atom. The Morgan fingerprint density at radius 3 is 1.94 bits per heavy atom. The molecule has 0 amide bonds. The Kier molecular flexibility index (Phi) is 4.78. The number of hydrogen-bond donors (Lipinski definition) is 0. The molecule has 33 heavy (non-hydrogen) atoms. The van der Waals surface area contributed by atoms with Crippen molar-refractivity contribution in [2.75, 3.05) is 5.01 Å². The largest absolute Gasteiger partial charge is 0.421 e. The maximum atomic E-state index is 13.8. The van der Waals surface area contributed by atoms with E-state index in [1.807, 2.05) is 36.4 Å². The Hall–Kier alpha value is -4.00. The minimum atomic E-state index is -1.96. The zero-order valence-electron chi connectivity index (χ0n) is 18.1. The number of cyclic esters (lactones) is 2. The quantitative estimate of drug-likeness (QED) is 0.442. The number of hydrazone groups is 1. The number of anilines is 1. The number of esters is 2. The predicted molar refractivity (Wildman–Crippen MR) is 120 cm³/mol. The van der Waals surface area contributed by atoms with E-state index in [0.29, 0.717) is 17.0 Å². The van der Waals surface area contributed by atoms with Gasteiger partial charge in [0.05, 0.1) is 17.3 Å². The van der Waals surface area contributed by atoms with E-state index in [1.54, 1.807) is 36.4 Å². The molecular formula is C26H21FN2O4. The standard InChI is InChI=1S/C26H21FN2O4/c1-25(2)32-23(30)26(24(31)33-25)21(17-13-15-19(27)16-14-17)22(18-9-5-3-6-10-18)28-29(26)20-11-7-4-8-12-20/h3-16,21H,1-2H3. The molecule has 2 aliphatic rings. The van der Waals surface area contributed by atoms with Gasteiger partial charge >= 0.3 is 11.9 Å². The van der Waals surface area contributed by atoms with Gasteiger partial charge in [-0.05, 0) is 35.4 Å². The monoisotopic (exact) mass is 444 g/mol. The highest BCUT2D eigenvalue weighted by Crippen LogP contribution is 2.49. The van der Waals surface area contributed by atoms with Gasteiger partial charge in [0.15, 0.2) is 0 Å². The van der Waals surface area contributed by atoms with E-state index >= 15 is 0 Å². The topological polar surface area (TPSA) is 68.2 Å². The number of hydrogen-bond acceptors (Lipinski definition) is 6. The average Bonchev–Trinajstić information content (AvgIpc) is 3.16. The fourth-order valence-corrected chi connectivity index (χ4v) is 4.40. The van der Waals surface area contributed by atoms with Crippen molar-refractivity contribution in [1.82, 2.24) is 0 Å². The number of carbonyl (C=O) groups is 2. The first-order valence-electron chi connectivity index (χ1n) is 10.5. The molecule has 1 atom stereocenters. The molecule has 2 heterocycles. The summed E-state index contributed by atoms with van der Waals surface area (Å²) in [4.78, 5) is 27.5. The highest BCUT2D eigenvalue weighted by atomic mass is 19.1. The minimum Gasteiger partial charge on any atom is -0.421 e. The molecular weight excluding hydrogens is 423 g/mol. The molecule has 0 bridgehead atoms. The molecule has 7 heteroatoms. The van der Waals surface area contributed by atoms with Crippen LogP contribution in [0.5, 0.6) is 0 Å². The van der Waals surface area contributed by atoms with Crippen LogP contribution in [-0.2, 0) is 19.1 Å². The van der Waals surface area contributed by atoms with Gasteiger partial charge in [0, 0.05) is 13.8 Å². The van der Waals surface area contributed by atoms with Crippen LogP contribution in [0.2, 0.25) is 0 Å². The van der Waals surface area contributed by atoms with Crippen LogP contribution < -0.4 is 5.01 Å². The summed E-state index contributed by atoms with van der Waals surface area (Å²) in [6.45, 7) is 3.01. The van der Waals surface area contributed by atoms with E-state index in [-0.39, 0.29) is 0 Å². The fourth-order valence-electron chi connectivity index (χ4n) is 4.40. The van der Waals surface area contributed by atoms with Gasteiger partial charge in [-0.2, -0.15) is 5.10 Å². The van der Waals surface area contributed by atoms with Crippen LogP contribution in [0.3, 0.4) is 0 Å². The number of para-hydroxylation sites is 1. The van der Waals surface area contributed by atoms with E-state index in [4.69, 9.17) is 14.6 Å². The molecule has 5 rings (SSSR count). The lowest BCUT2D eigenvalue weighted by atomic mass is 9.74. The molecule has 0 saturated carbocycles. The number of nitrogens with zero attached hydrogens (tertiary/aromatic N) is 2. The molecule has 0 radical (unpaired) electrons. The van der Waals surface area contributed by atoms with Gasteiger partial charge in [-0.3, -0.25) is 0 Å². The zero-order valence-corrected chi connectivity index (χ0v) is 18.1. The highest BCUT2D eigenvalue weighted by Gasteiger charge is 2.69. The van der Waals surface area contributed by atoms with Gasteiger partial charge < -0.3 is 9.47 Å². The first-order valence-corrected chi connectivity index (χ1v) is 10.5. The third kappa shape index (κ3) is 3.28. The van der Waals surface area contributed by atoms with Crippen molar-refractivity contribution < 1.29 is 23.5 Å². The lowest BCUT2D eigenvalue weighted by Crippen LogP contribution is -2.67. The summed E-state index contributed by atoms with van der Waals surface area (Å²) in [6, 6.07) is 23.8. The van der Waals surface area contributed by atoms with Crippen LogP contribution in [0.1, 0.15) is 30.9 Å². The Balaban J connectivity index is 1.80. The van der Waals surface area contributed by atoms with Crippen molar-refractivity contribution in [2.24, 2.45) is 5.10 Å². The molecule has 3 aromatic carbocycles. The van der Waals surface area contributed by atoms with Crippen molar-refractivity contribution in [2.45, 2.75) is 31.1 Å². The van der Waals surface area contributed by atoms with Gasteiger partial charge in [-0.25, -0.2) is 19.0 Å². The van der Waals surface area contributed by atoms with Crippen LogP contribution in [0.15, 0.2) is 90.0 Å². The number of halogens is 1. The molecule has 166 valence electrons. The highest BCUT2D eigenvalue weighted by molar-refractivity contribution is 6.22. The van der Waals surface area contributed by atoms with Crippen molar-refractivity contribution >= 4 is 23.3 Å². The van der Waals surface area contributed by atoms with Crippen LogP contribution in [0, 0.1) is 5.82 Å². The molecule has 0 N–H and O–H groups in total. The van der Waals surface area contributed by atoms with Crippen molar-refractivity contribution in [3.8, 4) is 0 Å². The van der Waals surface area contributed by atoms with Crippen LogP contribution in [0.4, 0.5) is 10.1 Å². The van der Waals surface area contributed by atoms with Gasteiger partial charge in [-0.1, -0.05) is 60.7 Å². The van der Waals surface area contributed by atoms with Crippen molar-refractivity contribution in [1.29, 1.82) is 0 Å². The van der Waals surface area contributed by atoms with Gasteiger partial charge in [-0.15, -0.1) is 0 Å². The van der Waals surface area contributed by atoms with Gasteiger partial charge in [0.1, 0.15) is 5.82 Å². The van der Waals surface area contributed by atoms with Crippen molar-refractivity contribution in [3.63, 3.8) is 0 Å². The molecule has 1 spiro atoms. The van der Waals surface area contributed by atoms with E-state index in [1.165, 1.54) is 31.0 Å². The molecule has 6 nitrogen and oxygen atoms in total. The second-order valence-electron chi connectivity index (χ2n) is 8.43. The fraction of sp³-hybridized carbons (Fsp3) is 0.192. The summed E-state index contributed by atoms with van der Waals surface area (Å²) in [6.07, 6.45) is 0. The Labute approximate surface area is 190 Å². The lowest BCUT2D eigenvalue weighted by molar-refractivity contribution is -0.242. The summed E-state index contributed by atoms with van der Waals surface area (Å²) >= 11 is 0. The maximum absolute atomic E-state index is 13.8. The Bertz CT molecular complexity index is 1220. The van der Waals surface area contributed by atoms with Crippen LogP contribution >= 0.6 is 0 Å². The predicted octanol–water partition coefficient (Wildman–Crippen LogP) is 4.41. The van der Waals surface area contributed by atoms with Gasteiger partial charge in [0.25, 0.3) is 11.3 Å². The van der Waals surface area contributed by atoms with Crippen molar-refractivity contribution in [3.05, 3.63) is 102 Å². The van der Waals surface area contributed by atoms with Crippen LogP contribution in [-0.4, -0.2) is 29.0 Å². The van der Waals surface area contributed by atoms with Gasteiger partial charge in [0.2, 0.25) is 0 Å². The molecule has 1 unspecified atom stereocenters. The van der Waals surface area contributed by atoms with E-state index < -0.39 is 35.0 Å². The SMILES string of the molecule is CC1(C)OC(=O)C2(C(=O)O1)C(c1ccc(F)cc1)C(c1ccccc1)=NN2c1ccccc1. The number of ether oxygens (including phenoxy) is 2. The minimum absolute atomic E-state index is 0.432. The third-order valence-electron chi connectivity index (χ3n) is 5.81. The molecule has 0 aliphatic carbocycles. The molecule has 3 aromatic rings. The Morgan fingerprint density at radius 1 is 0.818 bits per heavy atom. The number of benzene rings is 3. The maximum Gasteiger partial charge on any atom is 0.350 e. The summed E-state index contributed by atoms with van der Waals surface area (Å²) in [7, 11) is 0.